The van der Waals surface area contributed by atoms with Crippen molar-refractivity contribution in [2.45, 2.75) is 33.8 Å². The van der Waals surface area contributed by atoms with E-state index in [9.17, 15) is 9.59 Å². The van der Waals surface area contributed by atoms with Crippen LogP contribution in [-0.4, -0.2) is 32.2 Å². The Morgan fingerprint density at radius 2 is 1.59 bits per heavy atom. The molecule has 2 aromatic carbocycles. The highest BCUT2D eigenvalue weighted by atomic mass is 16.5. The maximum atomic E-state index is 12.5. The third-order valence-corrected chi connectivity index (χ3v) is 4.21. The number of carbonyl (C=O) groups is 2. The predicted octanol–water partition coefficient (Wildman–Crippen LogP) is 3.81. The molecule has 0 aliphatic carbocycles. The third-order valence-electron chi connectivity index (χ3n) is 4.21. The lowest BCUT2D eigenvalue weighted by molar-refractivity contribution is -0.123. The highest BCUT2D eigenvalue weighted by Gasteiger charge is 2.22. The van der Waals surface area contributed by atoms with Crippen LogP contribution in [0.25, 0.3) is 0 Å². The van der Waals surface area contributed by atoms with Crippen molar-refractivity contribution in [2.24, 2.45) is 0 Å². The van der Waals surface area contributed by atoms with Crippen molar-refractivity contribution in [1.82, 2.24) is 0 Å². The molecule has 27 heavy (non-hydrogen) atoms. The summed E-state index contributed by atoms with van der Waals surface area (Å²) in [5.74, 6) is -0.169. The smallest absolute Gasteiger partial charge is 0.342 e. The minimum atomic E-state index is -0.968. The molecule has 144 valence electrons. The van der Waals surface area contributed by atoms with Crippen LogP contribution in [0.2, 0.25) is 0 Å². The zero-order valence-corrected chi connectivity index (χ0v) is 16.5. The van der Waals surface area contributed by atoms with E-state index in [0.29, 0.717) is 11.5 Å². The van der Waals surface area contributed by atoms with Gasteiger partial charge in [-0.1, -0.05) is 17.7 Å². The van der Waals surface area contributed by atoms with Gasteiger partial charge in [0.05, 0.1) is 14.2 Å². The number of anilines is 1. The minimum Gasteiger partial charge on any atom is -0.497 e. The second-order valence-corrected chi connectivity index (χ2v) is 6.38. The first-order chi connectivity index (χ1) is 12.8. The monoisotopic (exact) mass is 371 g/mol. The molecule has 0 saturated carbocycles. The molecule has 6 heteroatoms. The molecular formula is C21H25NO5. The highest BCUT2D eigenvalue weighted by Crippen LogP contribution is 2.26. The highest BCUT2D eigenvalue weighted by molar-refractivity contribution is 5.99. The van der Waals surface area contributed by atoms with Gasteiger partial charge in [0, 0.05) is 11.8 Å². The second-order valence-electron chi connectivity index (χ2n) is 6.38. The minimum absolute atomic E-state index is 0.223. The van der Waals surface area contributed by atoms with Crippen molar-refractivity contribution in [1.29, 1.82) is 0 Å². The van der Waals surface area contributed by atoms with Gasteiger partial charge in [-0.2, -0.15) is 0 Å². The van der Waals surface area contributed by atoms with Gasteiger partial charge in [-0.25, -0.2) is 4.79 Å². The molecule has 0 heterocycles. The first-order valence-corrected chi connectivity index (χ1v) is 8.58. The predicted molar refractivity (Wildman–Crippen MR) is 104 cm³/mol. The molecule has 1 N–H and O–H groups in total. The number of hydrogen-bond acceptors (Lipinski definition) is 5. The number of esters is 1. The normalized spacial score (nSPS) is 11.5. The van der Waals surface area contributed by atoms with Crippen molar-refractivity contribution in [3.05, 3.63) is 52.6 Å². The van der Waals surface area contributed by atoms with Crippen LogP contribution in [0.3, 0.4) is 0 Å². The first kappa shape index (κ1) is 20.3. The van der Waals surface area contributed by atoms with Crippen molar-refractivity contribution in [3.63, 3.8) is 0 Å². The maximum Gasteiger partial charge on any atom is 0.342 e. The van der Waals surface area contributed by atoms with E-state index in [4.69, 9.17) is 14.2 Å². The summed E-state index contributed by atoms with van der Waals surface area (Å²) in [5, 5.41) is 2.84. The first-order valence-electron chi connectivity index (χ1n) is 8.58. The third kappa shape index (κ3) is 4.78. The lowest BCUT2D eigenvalue weighted by atomic mass is 10.0. The van der Waals surface area contributed by atoms with E-state index in [2.05, 4.69) is 5.32 Å². The van der Waals surface area contributed by atoms with Crippen LogP contribution in [0.5, 0.6) is 11.5 Å². The zero-order chi connectivity index (χ0) is 20.1. The van der Waals surface area contributed by atoms with Gasteiger partial charge in [-0.15, -0.1) is 0 Å². The summed E-state index contributed by atoms with van der Waals surface area (Å²) in [6.45, 7) is 7.38. The molecule has 0 radical (unpaired) electrons. The van der Waals surface area contributed by atoms with E-state index in [1.54, 1.807) is 18.2 Å². The van der Waals surface area contributed by atoms with Gasteiger partial charge < -0.3 is 19.5 Å². The number of hydrogen-bond donors (Lipinski definition) is 1. The molecule has 2 aromatic rings. The van der Waals surface area contributed by atoms with Gasteiger partial charge in [0.25, 0.3) is 5.91 Å². The Bertz CT molecular complexity index is 837. The van der Waals surface area contributed by atoms with Crippen LogP contribution in [-0.2, 0) is 9.53 Å². The fourth-order valence-corrected chi connectivity index (χ4v) is 2.85. The summed E-state index contributed by atoms with van der Waals surface area (Å²) in [6.07, 6.45) is -0.968. The van der Waals surface area contributed by atoms with Crippen molar-refractivity contribution in [2.75, 3.05) is 19.5 Å². The molecule has 0 spiro atoms. The van der Waals surface area contributed by atoms with Gasteiger partial charge in [0.2, 0.25) is 0 Å². The fourth-order valence-electron chi connectivity index (χ4n) is 2.85. The van der Waals surface area contributed by atoms with E-state index >= 15 is 0 Å². The van der Waals surface area contributed by atoms with Crippen LogP contribution >= 0.6 is 0 Å². The van der Waals surface area contributed by atoms with Gasteiger partial charge in [0.15, 0.2) is 6.10 Å². The van der Waals surface area contributed by atoms with Crippen molar-refractivity contribution >= 4 is 17.6 Å². The molecule has 1 amide bonds. The number of benzene rings is 2. The molecular weight excluding hydrogens is 346 g/mol. The van der Waals surface area contributed by atoms with E-state index in [1.807, 2.05) is 32.9 Å². The Morgan fingerprint density at radius 3 is 2.15 bits per heavy atom. The number of rotatable bonds is 6. The van der Waals surface area contributed by atoms with Crippen LogP contribution in [0, 0.1) is 20.8 Å². The molecule has 0 saturated heterocycles. The summed E-state index contributed by atoms with van der Waals surface area (Å²) in [7, 11) is 2.97. The van der Waals surface area contributed by atoms with E-state index in [1.165, 1.54) is 21.1 Å². The quantitative estimate of drug-likeness (QED) is 0.782. The Morgan fingerprint density at radius 1 is 0.963 bits per heavy atom. The summed E-state index contributed by atoms with van der Waals surface area (Å²) < 4.78 is 15.6. The molecule has 0 aliphatic rings. The Hall–Kier alpha value is -3.02. The molecule has 0 fully saturated rings. The van der Waals surface area contributed by atoms with E-state index in [0.717, 1.165) is 22.4 Å². The summed E-state index contributed by atoms with van der Waals surface area (Å²) in [5.41, 5.74) is 3.98. The SMILES string of the molecule is COc1ccc(C(=O)O[C@@H](C)C(=O)Nc2c(C)cc(C)cc2C)c(OC)c1. The fraction of sp³-hybridized carbons (Fsp3) is 0.333. The van der Waals surface area contributed by atoms with Crippen LogP contribution in [0.4, 0.5) is 5.69 Å². The molecule has 6 nitrogen and oxygen atoms in total. The summed E-state index contributed by atoms with van der Waals surface area (Å²) >= 11 is 0. The lowest BCUT2D eigenvalue weighted by Crippen LogP contribution is -2.30. The summed E-state index contributed by atoms with van der Waals surface area (Å²) in [4.78, 5) is 24.9. The van der Waals surface area contributed by atoms with Gasteiger partial charge in [-0.3, -0.25) is 4.79 Å². The Balaban J connectivity index is 2.12. The average Bonchev–Trinajstić information content (AvgIpc) is 2.63. The van der Waals surface area contributed by atoms with Gasteiger partial charge in [-0.05, 0) is 51.0 Å². The number of aryl methyl sites for hydroxylation is 3. The van der Waals surface area contributed by atoms with Gasteiger partial charge in [0.1, 0.15) is 17.1 Å². The number of methoxy groups -OCH3 is 2. The van der Waals surface area contributed by atoms with E-state index in [-0.39, 0.29) is 5.56 Å². The summed E-state index contributed by atoms with van der Waals surface area (Å²) in [6, 6.07) is 8.73. The number of nitrogens with one attached hydrogen (secondary N) is 1. The standard InChI is InChI=1S/C21H25NO5/c1-12-9-13(2)19(14(3)10-12)22-20(23)15(4)27-21(24)17-8-7-16(25-5)11-18(17)26-6/h7-11,15H,1-6H3,(H,22,23)/t15-/m0/s1. The molecule has 1 atom stereocenters. The van der Waals surface area contributed by atoms with Crippen LogP contribution in [0.1, 0.15) is 34.0 Å². The molecule has 0 bridgehead atoms. The lowest BCUT2D eigenvalue weighted by Gasteiger charge is -2.17. The topological polar surface area (TPSA) is 73.9 Å². The zero-order valence-electron chi connectivity index (χ0n) is 16.5. The molecule has 0 unspecified atom stereocenters. The van der Waals surface area contributed by atoms with Crippen molar-refractivity contribution < 1.29 is 23.8 Å². The Labute approximate surface area is 159 Å². The molecule has 2 rings (SSSR count). The van der Waals surface area contributed by atoms with E-state index < -0.39 is 18.0 Å². The van der Waals surface area contributed by atoms with Gasteiger partial charge >= 0.3 is 5.97 Å². The number of carbonyl (C=O) groups excluding carboxylic acids is 2. The average molecular weight is 371 g/mol. The molecule has 0 aliphatic heterocycles. The second kappa shape index (κ2) is 8.58. The largest absolute Gasteiger partial charge is 0.497 e. The van der Waals surface area contributed by atoms with Crippen LogP contribution in [0.15, 0.2) is 30.3 Å². The number of ether oxygens (including phenoxy) is 3. The van der Waals surface area contributed by atoms with Crippen LogP contribution < -0.4 is 14.8 Å². The molecule has 0 aromatic heterocycles. The van der Waals surface area contributed by atoms with Crippen molar-refractivity contribution in [3.8, 4) is 11.5 Å². The maximum absolute atomic E-state index is 12.5. The number of amides is 1. The Kier molecular flexibility index (Phi) is 6.45.